The van der Waals surface area contributed by atoms with Crippen LogP contribution in [0.15, 0.2) is 29.6 Å². The van der Waals surface area contributed by atoms with Crippen LogP contribution in [0, 0.1) is 6.92 Å². The highest BCUT2D eigenvalue weighted by molar-refractivity contribution is 7.09. The molecule has 2 rings (SSSR count). The van der Waals surface area contributed by atoms with Crippen LogP contribution in [-0.4, -0.2) is 10.9 Å². The lowest BCUT2D eigenvalue weighted by Gasteiger charge is -2.13. The number of aromatic nitrogens is 1. The summed E-state index contributed by atoms with van der Waals surface area (Å²) in [6.45, 7) is 3.80. The number of nitrogen functional groups attached to an aromatic ring is 1. The molecule has 2 aromatic rings. The molecule has 3 N–H and O–H groups in total. The van der Waals surface area contributed by atoms with Gasteiger partial charge in [0.1, 0.15) is 5.69 Å². The van der Waals surface area contributed by atoms with Gasteiger partial charge in [-0.3, -0.25) is 4.79 Å². The van der Waals surface area contributed by atoms with E-state index in [-0.39, 0.29) is 11.9 Å². The van der Waals surface area contributed by atoms with Gasteiger partial charge in [-0.15, -0.1) is 11.3 Å². The number of hydrogen-bond donors (Lipinski definition) is 2. The maximum absolute atomic E-state index is 11.9. The second-order valence-electron chi connectivity index (χ2n) is 4.12. The molecule has 0 fully saturated rings. The van der Waals surface area contributed by atoms with E-state index in [0.717, 1.165) is 10.6 Å². The van der Waals surface area contributed by atoms with Crippen molar-refractivity contribution in [3.63, 3.8) is 0 Å². The maximum atomic E-state index is 11.9. The average molecular weight is 261 g/mol. The Morgan fingerprint density at radius 3 is 2.89 bits per heavy atom. The summed E-state index contributed by atoms with van der Waals surface area (Å²) in [4.78, 5) is 16.1. The molecule has 5 heteroatoms. The average Bonchev–Trinajstić information content (AvgIpc) is 2.76. The minimum atomic E-state index is -0.158. The zero-order chi connectivity index (χ0) is 13.1. The van der Waals surface area contributed by atoms with Gasteiger partial charge < -0.3 is 11.1 Å². The van der Waals surface area contributed by atoms with Gasteiger partial charge in [0.05, 0.1) is 11.0 Å². The first kappa shape index (κ1) is 12.6. The zero-order valence-electron chi connectivity index (χ0n) is 10.3. The van der Waals surface area contributed by atoms with Gasteiger partial charge in [0.2, 0.25) is 0 Å². The summed E-state index contributed by atoms with van der Waals surface area (Å²) in [5.74, 6) is -0.158. The highest BCUT2D eigenvalue weighted by Gasteiger charge is 2.13. The van der Waals surface area contributed by atoms with Crippen molar-refractivity contribution in [2.45, 2.75) is 19.9 Å². The van der Waals surface area contributed by atoms with Gasteiger partial charge in [0.15, 0.2) is 0 Å². The van der Waals surface area contributed by atoms with E-state index in [4.69, 9.17) is 5.73 Å². The number of anilines is 1. The van der Waals surface area contributed by atoms with E-state index in [1.807, 2.05) is 38.1 Å². The number of rotatable bonds is 3. The fraction of sp³-hybridized carbons (Fsp3) is 0.231. The molecule has 18 heavy (non-hydrogen) atoms. The summed E-state index contributed by atoms with van der Waals surface area (Å²) in [5.41, 5.74) is 7.86. The lowest BCUT2D eigenvalue weighted by atomic mass is 10.1. The lowest BCUT2D eigenvalue weighted by molar-refractivity contribution is 0.0935. The largest absolute Gasteiger partial charge is 0.399 e. The van der Waals surface area contributed by atoms with Gasteiger partial charge in [-0.2, -0.15) is 0 Å². The van der Waals surface area contributed by atoms with Crippen LogP contribution in [-0.2, 0) is 0 Å². The van der Waals surface area contributed by atoms with Crippen LogP contribution < -0.4 is 11.1 Å². The van der Waals surface area contributed by atoms with Gasteiger partial charge in [-0.05, 0) is 31.5 Å². The lowest BCUT2D eigenvalue weighted by Crippen LogP contribution is -2.26. The minimum Gasteiger partial charge on any atom is -0.399 e. The van der Waals surface area contributed by atoms with Crippen molar-refractivity contribution in [1.82, 2.24) is 10.3 Å². The third-order valence-electron chi connectivity index (χ3n) is 2.61. The van der Waals surface area contributed by atoms with Crippen molar-refractivity contribution in [2.24, 2.45) is 0 Å². The molecule has 0 bridgehead atoms. The Morgan fingerprint density at radius 2 is 2.28 bits per heavy atom. The number of nitrogens with zero attached hydrogens (tertiary/aromatic N) is 1. The molecule has 1 unspecified atom stereocenters. The summed E-state index contributed by atoms with van der Waals surface area (Å²) >= 11 is 1.47. The highest BCUT2D eigenvalue weighted by Crippen LogP contribution is 2.16. The Morgan fingerprint density at radius 1 is 1.50 bits per heavy atom. The van der Waals surface area contributed by atoms with Crippen LogP contribution >= 0.6 is 11.3 Å². The first-order valence-electron chi connectivity index (χ1n) is 5.64. The quantitative estimate of drug-likeness (QED) is 0.834. The number of thiazole rings is 1. The monoisotopic (exact) mass is 261 g/mol. The molecule has 94 valence electrons. The smallest absolute Gasteiger partial charge is 0.271 e. The van der Waals surface area contributed by atoms with E-state index in [1.54, 1.807) is 5.38 Å². The van der Waals surface area contributed by atoms with Crippen molar-refractivity contribution in [3.05, 3.63) is 45.9 Å². The number of nitrogens with two attached hydrogens (primary N) is 1. The first-order valence-corrected chi connectivity index (χ1v) is 6.52. The SMILES string of the molecule is Cc1nc(C(=O)NC(C)c2cccc(N)c2)cs1. The van der Waals surface area contributed by atoms with E-state index in [0.29, 0.717) is 11.4 Å². The third kappa shape index (κ3) is 2.87. The number of hydrogen-bond acceptors (Lipinski definition) is 4. The fourth-order valence-electron chi connectivity index (χ4n) is 1.65. The van der Waals surface area contributed by atoms with Crippen LogP contribution in [0.1, 0.15) is 34.0 Å². The van der Waals surface area contributed by atoms with Crippen molar-refractivity contribution < 1.29 is 4.79 Å². The van der Waals surface area contributed by atoms with Crippen LogP contribution in [0.2, 0.25) is 0 Å². The van der Waals surface area contributed by atoms with Crippen molar-refractivity contribution in [2.75, 3.05) is 5.73 Å². The van der Waals surface area contributed by atoms with Crippen molar-refractivity contribution in [3.8, 4) is 0 Å². The summed E-state index contributed by atoms with van der Waals surface area (Å²) in [5, 5.41) is 5.55. The molecule has 0 aliphatic heterocycles. The molecular formula is C13H15N3OS. The number of nitrogens with one attached hydrogen (secondary N) is 1. The Kier molecular flexibility index (Phi) is 3.62. The normalized spacial score (nSPS) is 12.1. The van der Waals surface area contributed by atoms with Crippen LogP contribution in [0.25, 0.3) is 0 Å². The zero-order valence-corrected chi connectivity index (χ0v) is 11.1. The number of benzene rings is 1. The Hall–Kier alpha value is -1.88. The van der Waals surface area contributed by atoms with Crippen LogP contribution in [0.4, 0.5) is 5.69 Å². The Balaban J connectivity index is 2.07. The molecule has 1 atom stereocenters. The third-order valence-corrected chi connectivity index (χ3v) is 3.38. The van der Waals surface area contributed by atoms with E-state index in [9.17, 15) is 4.79 Å². The molecule has 0 aliphatic carbocycles. The van der Waals surface area contributed by atoms with E-state index >= 15 is 0 Å². The van der Waals surface area contributed by atoms with Crippen molar-refractivity contribution in [1.29, 1.82) is 0 Å². The molecule has 1 amide bonds. The summed E-state index contributed by atoms with van der Waals surface area (Å²) in [6.07, 6.45) is 0. The van der Waals surface area contributed by atoms with Gasteiger partial charge in [0.25, 0.3) is 5.91 Å². The van der Waals surface area contributed by atoms with Gasteiger partial charge in [-0.25, -0.2) is 4.98 Å². The number of aryl methyl sites for hydroxylation is 1. The molecule has 0 saturated carbocycles. The molecule has 4 nitrogen and oxygen atoms in total. The molecule has 1 heterocycles. The van der Waals surface area contributed by atoms with Crippen molar-refractivity contribution >= 4 is 22.9 Å². The summed E-state index contributed by atoms with van der Waals surface area (Å²) in [7, 11) is 0. The summed E-state index contributed by atoms with van der Waals surface area (Å²) < 4.78 is 0. The standard InChI is InChI=1S/C13H15N3OS/c1-8(10-4-3-5-11(14)6-10)15-13(17)12-7-18-9(2)16-12/h3-8H,14H2,1-2H3,(H,15,17). The van der Waals surface area contributed by atoms with Gasteiger partial charge >= 0.3 is 0 Å². The van der Waals surface area contributed by atoms with E-state index < -0.39 is 0 Å². The topological polar surface area (TPSA) is 68.0 Å². The Bertz CT molecular complexity index is 565. The predicted octanol–water partition coefficient (Wildman–Crippen LogP) is 2.52. The van der Waals surface area contributed by atoms with Gasteiger partial charge in [-0.1, -0.05) is 12.1 Å². The summed E-state index contributed by atoms with van der Waals surface area (Å²) in [6, 6.07) is 7.40. The second-order valence-corrected chi connectivity index (χ2v) is 5.18. The molecule has 0 aliphatic rings. The molecule has 1 aromatic carbocycles. The highest BCUT2D eigenvalue weighted by atomic mass is 32.1. The predicted molar refractivity (Wildman–Crippen MR) is 73.6 cm³/mol. The number of amides is 1. The van der Waals surface area contributed by atoms with E-state index in [2.05, 4.69) is 10.3 Å². The molecule has 0 spiro atoms. The minimum absolute atomic E-state index is 0.0944. The number of carbonyl (C=O) groups excluding carboxylic acids is 1. The molecule has 1 aromatic heterocycles. The van der Waals surface area contributed by atoms with Gasteiger partial charge in [0, 0.05) is 11.1 Å². The molecule has 0 saturated heterocycles. The second kappa shape index (κ2) is 5.18. The van der Waals surface area contributed by atoms with Crippen LogP contribution in [0.5, 0.6) is 0 Å². The first-order chi connectivity index (χ1) is 8.56. The van der Waals surface area contributed by atoms with Crippen LogP contribution in [0.3, 0.4) is 0 Å². The number of carbonyl (C=O) groups is 1. The molecule has 0 radical (unpaired) electrons. The maximum Gasteiger partial charge on any atom is 0.271 e. The fourth-order valence-corrected chi connectivity index (χ4v) is 2.24. The Labute approximate surface area is 110 Å². The van der Waals surface area contributed by atoms with E-state index in [1.165, 1.54) is 11.3 Å². The molecular weight excluding hydrogens is 246 g/mol.